The van der Waals surface area contributed by atoms with E-state index in [1.54, 1.807) is 20.8 Å². The van der Waals surface area contributed by atoms with Gasteiger partial charge in [0, 0.05) is 13.0 Å². The normalized spacial score (nSPS) is 12.2. The molecule has 0 unspecified atom stereocenters. The van der Waals surface area contributed by atoms with Crippen LogP contribution in [0.3, 0.4) is 0 Å². The van der Waals surface area contributed by atoms with E-state index in [9.17, 15) is 14.4 Å². The first-order valence-corrected chi connectivity index (χ1v) is 8.03. The van der Waals surface area contributed by atoms with Gasteiger partial charge in [0.15, 0.2) is 0 Å². The van der Waals surface area contributed by atoms with E-state index in [0.29, 0.717) is 32.2 Å². The van der Waals surface area contributed by atoms with Crippen molar-refractivity contribution in [1.29, 1.82) is 0 Å². The third-order valence-electron chi connectivity index (χ3n) is 2.89. The fourth-order valence-electron chi connectivity index (χ4n) is 1.86. The van der Waals surface area contributed by atoms with E-state index in [2.05, 4.69) is 10.6 Å². The number of esters is 1. The summed E-state index contributed by atoms with van der Waals surface area (Å²) in [5.41, 5.74) is -0.524. The molecule has 7 nitrogen and oxygen atoms in total. The first kappa shape index (κ1) is 21.2. The Bertz CT molecular complexity index is 390. The average molecular weight is 330 g/mol. The number of amides is 2. The van der Waals surface area contributed by atoms with Gasteiger partial charge in [0.2, 0.25) is 5.91 Å². The van der Waals surface area contributed by atoms with Gasteiger partial charge in [-0.25, -0.2) is 9.59 Å². The molecule has 0 saturated heterocycles. The van der Waals surface area contributed by atoms with Crippen molar-refractivity contribution >= 4 is 18.0 Å². The fourth-order valence-corrected chi connectivity index (χ4v) is 1.86. The molecule has 0 rings (SSSR count). The average Bonchev–Trinajstić information content (AvgIpc) is 2.43. The highest BCUT2D eigenvalue weighted by atomic mass is 16.6. The van der Waals surface area contributed by atoms with Crippen molar-refractivity contribution < 1.29 is 23.9 Å². The zero-order valence-electron chi connectivity index (χ0n) is 14.9. The number of hydrogen-bond donors (Lipinski definition) is 2. The lowest BCUT2D eigenvalue weighted by Gasteiger charge is -2.20. The maximum atomic E-state index is 11.7. The summed E-state index contributed by atoms with van der Waals surface area (Å²) in [5.74, 6) is -0.607. The van der Waals surface area contributed by atoms with Crippen LogP contribution in [0.5, 0.6) is 0 Å². The number of alkyl carbamates (subject to hydrolysis) is 1. The highest BCUT2D eigenvalue weighted by Crippen LogP contribution is 2.07. The van der Waals surface area contributed by atoms with Crippen LogP contribution >= 0.6 is 0 Å². The summed E-state index contributed by atoms with van der Waals surface area (Å²) < 4.78 is 9.82. The van der Waals surface area contributed by atoms with Gasteiger partial charge in [0.05, 0.1) is 7.11 Å². The molecule has 0 aliphatic carbocycles. The van der Waals surface area contributed by atoms with Crippen LogP contribution in [0.4, 0.5) is 4.79 Å². The minimum atomic E-state index is -0.638. The number of unbranched alkanes of at least 4 members (excludes halogenated alkanes) is 1. The SMILES string of the molecule is CCCC(=O)N[C@@H](CCCCNC(=O)OC(C)(C)C)C(=O)OC. The maximum Gasteiger partial charge on any atom is 0.407 e. The Morgan fingerprint density at radius 1 is 1.13 bits per heavy atom. The lowest BCUT2D eigenvalue weighted by Crippen LogP contribution is -2.41. The molecule has 7 heteroatoms. The van der Waals surface area contributed by atoms with Crippen molar-refractivity contribution in [3.05, 3.63) is 0 Å². The molecule has 2 amide bonds. The molecule has 134 valence electrons. The molecular formula is C16H30N2O5. The molecule has 1 atom stereocenters. The van der Waals surface area contributed by atoms with Crippen molar-refractivity contribution in [3.8, 4) is 0 Å². The van der Waals surface area contributed by atoms with E-state index < -0.39 is 23.7 Å². The minimum Gasteiger partial charge on any atom is -0.467 e. The van der Waals surface area contributed by atoms with Crippen LogP contribution in [0.15, 0.2) is 0 Å². The first-order chi connectivity index (χ1) is 10.7. The molecule has 0 aromatic rings. The zero-order chi connectivity index (χ0) is 17.9. The topological polar surface area (TPSA) is 93.7 Å². The van der Waals surface area contributed by atoms with Crippen LogP contribution in [0.2, 0.25) is 0 Å². The number of ether oxygens (including phenoxy) is 2. The highest BCUT2D eigenvalue weighted by molar-refractivity contribution is 5.84. The number of hydrogen-bond acceptors (Lipinski definition) is 5. The van der Waals surface area contributed by atoms with E-state index in [1.807, 2.05) is 6.92 Å². The summed E-state index contributed by atoms with van der Waals surface area (Å²) in [5, 5.41) is 5.33. The zero-order valence-corrected chi connectivity index (χ0v) is 14.9. The van der Waals surface area contributed by atoms with Crippen molar-refractivity contribution in [3.63, 3.8) is 0 Å². The maximum absolute atomic E-state index is 11.7. The van der Waals surface area contributed by atoms with Crippen molar-refractivity contribution in [2.45, 2.75) is 71.4 Å². The number of carbonyl (C=O) groups excluding carboxylic acids is 3. The Morgan fingerprint density at radius 3 is 2.30 bits per heavy atom. The Hall–Kier alpha value is -1.79. The predicted molar refractivity (Wildman–Crippen MR) is 86.9 cm³/mol. The summed E-state index contributed by atoms with van der Waals surface area (Å²) in [6.07, 6.45) is 2.46. The lowest BCUT2D eigenvalue weighted by molar-refractivity contribution is -0.145. The molecule has 0 aromatic heterocycles. The van der Waals surface area contributed by atoms with Crippen LogP contribution in [-0.4, -0.2) is 43.3 Å². The third-order valence-corrected chi connectivity index (χ3v) is 2.89. The largest absolute Gasteiger partial charge is 0.467 e. The van der Waals surface area contributed by atoms with Gasteiger partial charge < -0.3 is 20.1 Å². The molecule has 0 aliphatic rings. The first-order valence-electron chi connectivity index (χ1n) is 8.03. The van der Waals surface area contributed by atoms with Crippen LogP contribution in [0, 0.1) is 0 Å². The van der Waals surface area contributed by atoms with Crippen LogP contribution in [0.25, 0.3) is 0 Å². The number of carbonyl (C=O) groups is 3. The Morgan fingerprint density at radius 2 is 1.78 bits per heavy atom. The molecule has 0 aliphatic heterocycles. The van der Waals surface area contributed by atoms with Crippen molar-refractivity contribution in [1.82, 2.24) is 10.6 Å². The van der Waals surface area contributed by atoms with Gasteiger partial charge in [-0.15, -0.1) is 0 Å². The van der Waals surface area contributed by atoms with Gasteiger partial charge in [-0.05, 0) is 46.5 Å². The smallest absolute Gasteiger partial charge is 0.407 e. The molecule has 0 fully saturated rings. The number of nitrogens with one attached hydrogen (secondary N) is 2. The Labute approximate surface area is 138 Å². The molecule has 0 aromatic carbocycles. The molecular weight excluding hydrogens is 300 g/mol. The summed E-state index contributed by atoms with van der Waals surface area (Å²) >= 11 is 0. The van der Waals surface area contributed by atoms with Gasteiger partial charge in [-0.2, -0.15) is 0 Å². The summed E-state index contributed by atoms with van der Waals surface area (Å²) in [7, 11) is 1.30. The number of rotatable bonds is 9. The molecule has 0 spiro atoms. The quantitative estimate of drug-likeness (QED) is 0.499. The summed E-state index contributed by atoms with van der Waals surface area (Å²) in [6, 6.07) is -0.638. The molecule has 0 radical (unpaired) electrons. The molecule has 2 N–H and O–H groups in total. The fraction of sp³-hybridized carbons (Fsp3) is 0.812. The molecule has 0 heterocycles. The third kappa shape index (κ3) is 11.4. The minimum absolute atomic E-state index is 0.158. The van der Waals surface area contributed by atoms with Crippen LogP contribution < -0.4 is 10.6 Å². The van der Waals surface area contributed by atoms with E-state index in [4.69, 9.17) is 9.47 Å². The van der Waals surface area contributed by atoms with Crippen molar-refractivity contribution in [2.24, 2.45) is 0 Å². The van der Waals surface area contributed by atoms with E-state index >= 15 is 0 Å². The molecule has 0 saturated carbocycles. The van der Waals surface area contributed by atoms with Crippen LogP contribution in [0.1, 0.15) is 59.8 Å². The second-order valence-electron chi connectivity index (χ2n) is 6.32. The van der Waals surface area contributed by atoms with Crippen molar-refractivity contribution in [2.75, 3.05) is 13.7 Å². The second-order valence-corrected chi connectivity index (χ2v) is 6.32. The van der Waals surface area contributed by atoms with Gasteiger partial charge in [0.1, 0.15) is 11.6 Å². The lowest BCUT2D eigenvalue weighted by atomic mass is 10.1. The van der Waals surface area contributed by atoms with Gasteiger partial charge in [0.25, 0.3) is 0 Å². The van der Waals surface area contributed by atoms with E-state index in [0.717, 1.165) is 6.42 Å². The Kier molecular flexibility index (Phi) is 10.0. The van der Waals surface area contributed by atoms with Gasteiger partial charge in [-0.1, -0.05) is 6.92 Å². The Balaban J connectivity index is 4.06. The molecule has 0 bridgehead atoms. The highest BCUT2D eigenvalue weighted by Gasteiger charge is 2.20. The summed E-state index contributed by atoms with van der Waals surface area (Å²) in [4.78, 5) is 34.7. The number of methoxy groups -OCH3 is 1. The van der Waals surface area contributed by atoms with E-state index in [-0.39, 0.29) is 5.91 Å². The van der Waals surface area contributed by atoms with Gasteiger partial charge >= 0.3 is 12.1 Å². The monoisotopic (exact) mass is 330 g/mol. The van der Waals surface area contributed by atoms with Gasteiger partial charge in [-0.3, -0.25) is 4.79 Å². The molecule has 23 heavy (non-hydrogen) atoms. The standard InChI is InChI=1S/C16H30N2O5/c1-6-9-13(19)18-12(14(20)22-5)10-7-8-11-17-15(21)23-16(2,3)4/h12H,6-11H2,1-5H3,(H,17,21)(H,18,19)/t12-/m0/s1. The van der Waals surface area contributed by atoms with E-state index in [1.165, 1.54) is 7.11 Å². The summed E-state index contributed by atoms with van der Waals surface area (Å²) in [6.45, 7) is 7.74. The second kappa shape index (κ2) is 10.9. The predicted octanol–water partition coefficient (Wildman–Crippen LogP) is 2.14. The van der Waals surface area contributed by atoms with Crippen LogP contribution in [-0.2, 0) is 19.1 Å².